The van der Waals surface area contributed by atoms with Crippen LogP contribution in [0.15, 0.2) is 33.1 Å². The second-order valence-corrected chi connectivity index (χ2v) is 5.15. The molecule has 0 radical (unpaired) electrons. The van der Waals surface area contributed by atoms with E-state index in [0.717, 1.165) is 8.66 Å². The fourth-order valence-corrected chi connectivity index (χ4v) is 2.56. The number of imidazole rings is 1. The van der Waals surface area contributed by atoms with Crippen molar-refractivity contribution in [2.24, 2.45) is 0 Å². The molecule has 0 aromatic carbocycles. The van der Waals surface area contributed by atoms with Crippen LogP contribution in [0.4, 0.5) is 0 Å². The summed E-state index contributed by atoms with van der Waals surface area (Å²) in [6.07, 6.45) is 3.39. The Kier molecular flexibility index (Phi) is 2.37. The van der Waals surface area contributed by atoms with E-state index in [9.17, 15) is 4.79 Å². The molecule has 5 heteroatoms. The fourth-order valence-electron chi connectivity index (χ4n) is 1.08. The van der Waals surface area contributed by atoms with E-state index in [1.54, 1.807) is 28.3 Å². The van der Waals surface area contributed by atoms with Gasteiger partial charge < -0.3 is 4.98 Å². The molecule has 0 bridgehead atoms. The number of halogens is 1. The maximum atomic E-state index is 11.1. The van der Waals surface area contributed by atoms with E-state index in [0.29, 0.717) is 6.54 Å². The predicted molar refractivity (Wildman–Crippen MR) is 56.2 cm³/mol. The van der Waals surface area contributed by atoms with Gasteiger partial charge in [0.15, 0.2) is 0 Å². The maximum Gasteiger partial charge on any atom is 0.325 e. The average Bonchev–Trinajstić information content (AvgIpc) is 2.64. The van der Waals surface area contributed by atoms with Crippen LogP contribution in [-0.2, 0) is 6.54 Å². The van der Waals surface area contributed by atoms with Gasteiger partial charge in [0, 0.05) is 17.3 Å². The summed E-state index contributed by atoms with van der Waals surface area (Å²) in [6.45, 7) is 0.638. The first-order chi connectivity index (χ1) is 6.25. The molecule has 0 saturated heterocycles. The monoisotopic (exact) mass is 258 g/mol. The van der Waals surface area contributed by atoms with Crippen molar-refractivity contribution in [3.8, 4) is 0 Å². The first-order valence-corrected chi connectivity index (χ1v) is 5.35. The topological polar surface area (TPSA) is 37.8 Å². The van der Waals surface area contributed by atoms with Crippen LogP contribution in [0.5, 0.6) is 0 Å². The zero-order valence-corrected chi connectivity index (χ0v) is 9.06. The molecule has 3 nitrogen and oxygen atoms in total. The lowest BCUT2D eigenvalue weighted by atomic mass is 10.5. The number of rotatable bonds is 2. The molecule has 0 aliphatic heterocycles. The number of aromatic nitrogens is 2. The Morgan fingerprint density at radius 3 is 2.92 bits per heavy atom. The first kappa shape index (κ1) is 8.77. The summed E-state index contributed by atoms with van der Waals surface area (Å²) in [5, 5.41) is 0. The molecule has 0 aliphatic rings. The Balaban J connectivity index is 2.24. The van der Waals surface area contributed by atoms with Crippen molar-refractivity contribution in [3.05, 3.63) is 43.7 Å². The van der Waals surface area contributed by atoms with E-state index in [1.165, 1.54) is 0 Å². The number of thiophene rings is 1. The SMILES string of the molecule is O=c1[nH]ccn1Cc1ccc(Br)s1. The molecule has 2 aromatic rings. The molecule has 0 amide bonds. The predicted octanol–water partition coefficient (Wildman–Crippen LogP) is 2.05. The maximum absolute atomic E-state index is 11.1. The minimum atomic E-state index is -0.0653. The van der Waals surface area contributed by atoms with Gasteiger partial charge in [-0.2, -0.15) is 0 Å². The minimum absolute atomic E-state index is 0.0653. The Morgan fingerprint density at radius 2 is 2.38 bits per heavy atom. The number of aromatic amines is 1. The molecular formula is C8H7BrN2OS. The molecule has 2 heterocycles. The third-order valence-corrected chi connectivity index (χ3v) is 3.29. The van der Waals surface area contributed by atoms with E-state index >= 15 is 0 Å². The normalized spacial score (nSPS) is 10.5. The minimum Gasteiger partial charge on any atom is -0.313 e. The smallest absolute Gasteiger partial charge is 0.313 e. The van der Waals surface area contributed by atoms with Gasteiger partial charge in [-0.05, 0) is 28.1 Å². The number of hydrogen-bond acceptors (Lipinski definition) is 2. The molecule has 1 N–H and O–H groups in total. The number of nitrogens with one attached hydrogen (secondary N) is 1. The van der Waals surface area contributed by atoms with E-state index in [4.69, 9.17) is 0 Å². The van der Waals surface area contributed by atoms with Crippen molar-refractivity contribution in [3.63, 3.8) is 0 Å². The lowest BCUT2D eigenvalue weighted by molar-refractivity contribution is 0.772. The van der Waals surface area contributed by atoms with Gasteiger partial charge in [-0.1, -0.05) is 0 Å². The summed E-state index contributed by atoms with van der Waals surface area (Å²) >= 11 is 5.02. The van der Waals surface area contributed by atoms with E-state index in [-0.39, 0.29) is 5.69 Å². The molecule has 0 atom stereocenters. The highest BCUT2D eigenvalue weighted by molar-refractivity contribution is 9.11. The largest absolute Gasteiger partial charge is 0.325 e. The second kappa shape index (κ2) is 3.51. The molecule has 2 rings (SSSR count). The average molecular weight is 259 g/mol. The quantitative estimate of drug-likeness (QED) is 0.880. The van der Waals surface area contributed by atoms with Gasteiger partial charge in [0.25, 0.3) is 0 Å². The van der Waals surface area contributed by atoms with Crippen molar-refractivity contribution in [1.29, 1.82) is 0 Å². The van der Waals surface area contributed by atoms with Crippen LogP contribution in [0, 0.1) is 0 Å². The number of nitrogens with zero attached hydrogens (tertiary/aromatic N) is 1. The summed E-state index contributed by atoms with van der Waals surface area (Å²) in [5.74, 6) is 0. The first-order valence-electron chi connectivity index (χ1n) is 3.74. The van der Waals surface area contributed by atoms with Crippen LogP contribution in [0.1, 0.15) is 4.88 Å². The van der Waals surface area contributed by atoms with Gasteiger partial charge in [0.2, 0.25) is 0 Å². The highest BCUT2D eigenvalue weighted by atomic mass is 79.9. The van der Waals surface area contributed by atoms with Gasteiger partial charge in [0.05, 0.1) is 10.3 Å². The molecule has 0 fully saturated rings. The van der Waals surface area contributed by atoms with Gasteiger partial charge in [-0.15, -0.1) is 11.3 Å². The zero-order valence-electron chi connectivity index (χ0n) is 6.66. The van der Waals surface area contributed by atoms with Crippen LogP contribution in [0.25, 0.3) is 0 Å². The van der Waals surface area contributed by atoms with Crippen molar-refractivity contribution in [1.82, 2.24) is 9.55 Å². The van der Waals surface area contributed by atoms with Gasteiger partial charge in [0.1, 0.15) is 0 Å². The summed E-state index contributed by atoms with van der Waals surface area (Å²) in [4.78, 5) is 14.9. The lowest BCUT2D eigenvalue weighted by Gasteiger charge is -1.95. The fraction of sp³-hybridized carbons (Fsp3) is 0.125. The molecule has 0 saturated carbocycles. The van der Waals surface area contributed by atoms with E-state index < -0.39 is 0 Å². The number of H-pyrrole nitrogens is 1. The van der Waals surface area contributed by atoms with E-state index in [1.807, 2.05) is 12.1 Å². The molecule has 0 spiro atoms. The third-order valence-electron chi connectivity index (χ3n) is 1.68. The lowest BCUT2D eigenvalue weighted by Crippen LogP contribution is -2.15. The zero-order chi connectivity index (χ0) is 9.26. The summed E-state index contributed by atoms with van der Waals surface area (Å²) in [7, 11) is 0. The molecular weight excluding hydrogens is 252 g/mol. The van der Waals surface area contributed by atoms with E-state index in [2.05, 4.69) is 20.9 Å². The summed E-state index contributed by atoms with van der Waals surface area (Å²) in [5.41, 5.74) is -0.0653. The highest BCUT2D eigenvalue weighted by Gasteiger charge is 2.00. The molecule has 0 aliphatic carbocycles. The summed E-state index contributed by atoms with van der Waals surface area (Å²) in [6, 6.07) is 3.99. The Morgan fingerprint density at radius 1 is 1.54 bits per heavy atom. The highest BCUT2D eigenvalue weighted by Crippen LogP contribution is 2.22. The van der Waals surface area contributed by atoms with Gasteiger partial charge in [-0.25, -0.2) is 4.79 Å². The van der Waals surface area contributed by atoms with Crippen molar-refractivity contribution >= 4 is 27.3 Å². The second-order valence-electron chi connectivity index (χ2n) is 2.60. The third kappa shape index (κ3) is 1.92. The van der Waals surface area contributed by atoms with Gasteiger partial charge in [-0.3, -0.25) is 4.57 Å². The van der Waals surface area contributed by atoms with Crippen LogP contribution in [0.2, 0.25) is 0 Å². The van der Waals surface area contributed by atoms with Crippen molar-refractivity contribution in [2.45, 2.75) is 6.54 Å². The summed E-state index contributed by atoms with van der Waals surface area (Å²) < 4.78 is 2.73. The van der Waals surface area contributed by atoms with Crippen LogP contribution < -0.4 is 5.69 Å². The Bertz CT molecular complexity index is 456. The number of hydrogen-bond donors (Lipinski definition) is 1. The Hall–Kier alpha value is -0.810. The standard InChI is InChI=1S/C8H7BrN2OS/c9-7-2-1-6(13-7)5-11-4-3-10-8(11)12/h1-4H,5H2,(H,10,12). The van der Waals surface area contributed by atoms with Crippen molar-refractivity contribution in [2.75, 3.05) is 0 Å². The molecule has 2 aromatic heterocycles. The molecule has 0 unspecified atom stereocenters. The Labute approximate surface area is 87.2 Å². The molecule has 68 valence electrons. The molecule has 13 heavy (non-hydrogen) atoms. The van der Waals surface area contributed by atoms with Crippen LogP contribution >= 0.6 is 27.3 Å². The van der Waals surface area contributed by atoms with Gasteiger partial charge >= 0.3 is 5.69 Å². The van der Waals surface area contributed by atoms with Crippen molar-refractivity contribution < 1.29 is 0 Å². The van der Waals surface area contributed by atoms with Crippen LogP contribution in [-0.4, -0.2) is 9.55 Å². The van der Waals surface area contributed by atoms with Crippen LogP contribution in [0.3, 0.4) is 0 Å².